The van der Waals surface area contributed by atoms with Gasteiger partial charge in [-0.05, 0) is 99.1 Å². The molecule has 7 aromatic carbocycles. The topological polar surface area (TPSA) is 41.6 Å². The van der Waals surface area contributed by atoms with Crippen LogP contribution in [0.5, 0.6) is 0 Å². The molecule has 0 saturated carbocycles. The SMILES string of the molecule is CC1(C)c2ccccc2-c2cc3c4ccccc4n(-c4cc(-c5cc(-c6ccccc6)nc(-c6ccccc6)c5)cc(-c5ccccc5C#N)c4)c3cc21. The maximum atomic E-state index is 10.3. The number of aromatic nitrogens is 2. The van der Waals surface area contributed by atoms with Crippen LogP contribution in [0.4, 0.5) is 0 Å². The first kappa shape index (κ1) is 31.7. The van der Waals surface area contributed by atoms with Crippen LogP contribution in [0.15, 0.2) is 176 Å². The molecule has 0 unspecified atom stereocenters. The fourth-order valence-corrected chi connectivity index (χ4v) is 8.55. The zero-order chi connectivity index (χ0) is 36.4. The fraction of sp³-hybridized carbons (Fsp3) is 0.0588. The van der Waals surface area contributed by atoms with E-state index in [1.807, 2.05) is 30.3 Å². The Hall–Kier alpha value is -7.02. The quantitative estimate of drug-likeness (QED) is 0.180. The molecule has 1 aliphatic rings. The van der Waals surface area contributed by atoms with Crippen molar-refractivity contribution in [3.8, 4) is 67.7 Å². The first-order valence-electron chi connectivity index (χ1n) is 18.4. The minimum atomic E-state index is -0.140. The first-order valence-corrected chi connectivity index (χ1v) is 18.4. The lowest BCUT2D eigenvalue weighted by atomic mass is 9.82. The molecule has 0 spiro atoms. The third-order valence-corrected chi connectivity index (χ3v) is 11.2. The third kappa shape index (κ3) is 4.99. The van der Waals surface area contributed by atoms with Crippen molar-refractivity contribution in [3.63, 3.8) is 0 Å². The summed E-state index contributed by atoms with van der Waals surface area (Å²) in [6.07, 6.45) is 0. The van der Waals surface area contributed by atoms with Crippen molar-refractivity contribution in [1.82, 2.24) is 9.55 Å². The molecule has 10 rings (SSSR count). The number of hydrogen-bond donors (Lipinski definition) is 0. The first-order chi connectivity index (χ1) is 26.5. The van der Waals surface area contributed by atoms with Gasteiger partial charge in [0.25, 0.3) is 0 Å². The van der Waals surface area contributed by atoms with Gasteiger partial charge < -0.3 is 4.57 Å². The second-order valence-electron chi connectivity index (χ2n) is 14.7. The largest absolute Gasteiger partial charge is 0.309 e. The molecular formula is C51H35N3. The van der Waals surface area contributed by atoms with Crippen molar-refractivity contribution >= 4 is 21.8 Å². The van der Waals surface area contributed by atoms with E-state index in [9.17, 15) is 5.26 Å². The van der Waals surface area contributed by atoms with Gasteiger partial charge in [0, 0.05) is 33.0 Å². The van der Waals surface area contributed by atoms with Crippen LogP contribution in [0, 0.1) is 11.3 Å². The van der Waals surface area contributed by atoms with E-state index in [2.05, 4.69) is 170 Å². The lowest BCUT2D eigenvalue weighted by Crippen LogP contribution is -2.15. The van der Waals surface area contributed by atoms with Crippen molar-refractivity contribution in [2.75, 3.05) is 0 Å². The Morgan fingerprint density at radius 2 is 1.06 bits per heavy atom. The van der Waals surface area contributed by atoms with Crippen LogP contribution in [0.2, 0.25) is 0 Å². The van der Waals surface area contributed by atoms with Crippen molar-refractivity contribution in [3.05, 3.63) is 193 Å². The van der Waals surface area contributed by atoms with Gasteiger partial charge in [0.15, 0.2) is 0 Å². The summed E-state index contributed by atoms with van der Waals surface area (Å²) in [5.41, 5.74) is 17.1. The molecule has 2 heterocycles. The van der Waals surface area contributed by atoms with Gasteiger partial charge in [0.05, 0.1) is 34.1 Å². The average Bonchev–Trinajstić information content (AvgIpc) is 3.68. The molecule has 3 heteroatoms. The van der Waals surface area contributed by atoms with Gasteiger partial charge in [0.1, 0.15) is 0 Å². The summed E-state index contributed by atoms with van der Waals surface area (Å²) in [6, 6.07) is 64.7. The maximum absolute atomic E-state index is 10.3. The molecular weight excluding hydrogens is 655 g/mol. The molecule has 0 N–H and O–H groups in total. The summed E-state index contributed by atoms with van der Waals surface area (Å²) in [5.74, 6) is 0. The lowest BCUT2D eigenvalue weighted by Gasteiger charge is -2.22. The summed E-state index contributed by atoms with van der Waals surface area (Å²) in [6.45, 7) is 4.68. The van der Waals surface area contributed by atoms with Crippen molar-refractivity contribution in [2.24, 2.45) is 0 Å². The van der Waals surface area contributed by atoms with Crippen LogP contribution in [0.1, 0.15) is 30.5 Å². The fourth-order valence-electron chi connectivity index (χ4n) is 8.55. The van der Waals surface area contributed by atoms with Crippen LogP contribution in [0.3, 0.4) is 0 Å². The van der Waals surface area contributed by atoms with Gasteiger partial charge in [-0.2, -0.15) is 5.26 Å². The summed E-state index contributed by atoms with van der Waals surface area (Å²) in [5, 5.41) is 12.7. The molecule has 0 bridgehead atoms. The molecule has 0 amide bonds. The number of hydrogen-bond acceptors (Lipinski definition) is 2. The predicted octanol–water partition coefficient (Wildman–Crippen LogP) is 13.0. The Morgan fingerprint density at radius 3 is 1.78 bits per heavy atom. The van der Waals surface area contributed by atoms with Crippen molar-refractivity contribution in [2.45, 2.75) is 19.3 Å². The standard InChI is InChI=1S/C51H35N3/c1-51(2)45-23-13-11-21-41(45)43-30-44-42-22-12-14-24-49(42)54(50(44)31-46(43)51)39-26-36(25-38(27-39)40-20-10-9-19-35(40)32-52)37-28-47(33-15-5-3-6-16-33)53-48(29-37)34-17-7-4-8-18-34/h3-31H,1-2H3. The zero-order valence-corrected chi connectivity index (χ0v) is 30.1. The van der Waals surface area contributed by atoms with E-state index < -0.39 is 0 Å². The molecule has 54 heavy (non-hydrogen) atoms. The van der Waals surface area contributed by atoms with Crippen LogP contribution in [-0.2, 0) is 5.41 Å². The Balaban J connectivity index is 1.28. The molecule has 1 aliphatic carbocycles. The van der Waals surface area contributed by atoms with Gasteiger partial charge in [-0.1, -0.05) is 135 Å². The molecule has 254 valence electrons. The van der Waals surface area contributed by atoms with Gasteiger partial charge in [-0.3, -0.25) is 0 Å². The van der Waals surface area contributed by atoms with E-state index in [1.165, 1.54) is 33.0 Å². The number of nitriles is 1. The molecule has 0 aliphatic heterocycles. The predicted molar refractivity (Wildman–Crippen MR) is 223 cm³/mol. The minimum absolute atomic E-state index is 0.140. The molecule has 2 aromatic heterocycles. The summed E-state index contributed by atoms with van der Waals surface area (Å²) in [7, 11) is 0. The number of rotatable bonds is 5. The van der Waals surface area contributed by atoms with Gasteiger partial charge in [-0.15, -0.1) is 0 Å². The van der Waals surface area contributed by atoms with E-state index in [0.717, 1.165) is 61.5 Å². The summed E-state index contributed by atoms with van der Waals surface area (Å²) in [4.78, 5) is 5.18. The van der Waals surface area contributed by atoms with Crippen LogP contribution in [0.25, 0.3) is 83.4 Å². The normalized spacial score (nSPS) is 12.8. The highest BCUT2D eigenvalue weighted by molar-refractivity contribution is 6.12. The molecule has 0 radical (unpaired) electrons. The number of nitrogens with zero attached hydrogens (tertiary/aromatic N) is 3. The lowest BCUT2D eigenvalue weighted by molar-refractivity contribution is 0.661. The highest BCUT2D eigenvalue weighted by Gasteiger charge is 2.36. The molecule has 9 aromatic rings. The number of pyridine rings is 1. The van der Waals surface area contributed by atoms with Gasteiger partial charge in [-0.25, -0.2) is 4.98 Å². The Kier molecular flexibility index (Phi) is 7.22. The van der Waals surface area contributed by atoms with E-state index in [0.29, 0.717) is 5.56 Å². The zero-order valence-electron chi connectivity index (χ0n) is 30.1. The second kappa shape index (κ2) is 12.3. The number of benzene rings is 7. The monoisotopic (exact) mass is 689 g/mol. The molecule has 3 nitrogen and oxygen atoms in total. The van der Waals surface area contributed by atoms with Crippen LogP contribution in [-0.4, -0.2) is 9.55 Å². The third-order valence-electron chi connectivity index (χ3n) is 11.2. The van der Waals surface area contributed by atoms with E-state index in [1.54, 1.807) is 0 Å². The van der Waals surface area contributed by atoms with Gasteiger partial charge >= 0.3 is 0 Å². The second-order valence-corrected chi connectivity index (χ2v) is 14.7. The Morgan fingerprint density at radius 1 is 0.463 bits per heavy atom. The van der Waals surface area contributed by atoms with Crippen molar-refractivity contribution in [1.29, 1.82) is 5.26 Å². The van der Waals surface area contributed by atoms with E-state index >= 15 is 0 Å². The molecule has 0 atom stereocenters. The summed E-state index contributed by atoms with van der Waals surface area (Å²) < 4.78 is 2.42. The Bertz CT molecular complexity index is 2900. The highest BCUT2D eigenvalue weighted by atomic mass is 15.0. The van der Waals surface area contributed by atoms with Gasteiger partial charge in [0.2, 0.25) is 0 Å². The van der Waals surface area contributed by atoms with Crippen molar-refractivity contribution < 1.29 is 0 Å². The number of fused-ring (bicyclic) bond motifs is 6. The van der Waals surface area contributed by atoms with E-state index in [-0.39, 0.29) is 5.41 Å². The maximum Gasteiger partial charge on any atom is 0.0998 e. The molecule has 0 fully saturated rings. The smallest absolute Gasteiger partial charge is 0.0998 e. The summed E-state index contributed by atoms with van der Waals surface area (Å²) >= 11 is 0. The average molecular weight is 690 g/mol. The molecule has 0 saturated heterocycles. The number of para-hydroxylation sites is 1. The Labute approximate surface area is 315 Å². The van der Waals surface area contributed by atoms with Crippen LogP contribution >= 0.6 is 0 Å². The van der Waals surface area contributed by atoms with E-state index in [4.69, 9.17) is 4.98 Å². The highest BCUT2D eigenvalue weighted by Crippen LogP contribution is 2.51. The minimum Gasteiger partial charge on any atom is -0.309 e. The van der Waals surface area contributed by atoms with Crippen LogP contribution < -0.4 is 0 Å².